The van der Waals surface area contributed by atoms with Crippen LogP contribution in [-0.4, -0.2) is 5.91 Å². The smallest absolute Gasteiger partial charge is 0.291 e. The Bertz CT molecular complexity index is 850. The molecule has 3 aromatic rings. The van der Waals surface area contributed by atoms with Crippen LogP contribution in [0.4, 0.5) is 5.69 Å². The molecule has 1 heterocycles. The summed E-state index contributed by atoms with van der Waals surface area (Å²) in [5, 5.41) is 3.55. The number of nitrogens with one attached hydrogen (secondary N) is 1. The molecule has 3 rings (SSSR count). The van der Waals surface area contributed by atoms with E-state index in [2.05, 4.69) is 5.32 Å². The number of rotatable bonds is 3. The molecule has 3 nitrogen and oxygen atoms in total. The number of hydrogen-bond donors (Lipinski definition) is 1. The summed E-state index contributed by atoms with van der Waals surface area (Å²) in [7, 11) is 0. The lowest BCUT2D eigenvalue weighted by molar-refractivity contribution is 0.0997. The van der Waals surface area contributed by atoms with Crippen LogP contribution >= 0.6 is 11.6 Å². The van der Waals surface area contributed by atoms with Gasteiger partial charge >= 0.3 is 0 Å². The molecule has 1 amide bonds. The molecule has 0 atom stereocenters. The quantitative estimate of drug-likeness (QED) is 0.693. The highest BCUT2D eigenvalue weighted by Gasteiger charge is 2.13. The van der Waals surface area contributed by atoms with E-state index in [1.807, 2.05) is 44.2 Å². The largest absolute Gasteiger partial charge is 0.451 e. The van der Waals surface area contributed by atoms with Gasteiger partial charge < -0.3 is 9.73 Å². The number of carbonyl (C=O) groups excluding carboxylic acids is 1. The molecule has 0 aliphatic rings. The lowest BCUT2D eigenvalue weighted by Gasteiger charge is -2.09. The Morgan fingerprint density at radius 2 is 1.74 bits per heavy atom. The molecule has 0 radical (unpaired) electrons. The van der Waals surface area contributed by atoms with Crippen LogP contribution < -0.4 is 5.32 Å². The first-order chi connectivity index (χ1) is 11.0. The van der Waals surface area contributed by atoms with Crippen LogP contribution in [0.25, 0.3) is 11.3 Å². The number of aryl methyl sites for hydroxylation is 1. The van der Waals surface area contributed by atoms with E-state index in [0.717, 1.165) is 22.4 Å². The third-order valence-electron chi connectivity index (χ3n) is 3.81. The van der Waals surface area contributed by atoms with E-state index < -0.39 is 0 Å². The van der Waals surface area contributed by atoms with E-state index in [9.17, 15) is 4.79 Å². The first-order valence-corrected chi connectivity index (χ1v) is 7.66. The van der Waals surface area contributed by atoms with Gasteiger partial charge in [0.25, 0.3) is 5.91 Å². The van der Waals surface area contributed by atoms with E-state index in [1.165, 1.54) is 0 Å². The van der Waals surface area contributed by atoms with Gasteiger partial charge in [-0.3, -0.25) is 4.79 Å². The molecule has 2 aromatic carbocycles. The molecule has 0 saturated heterocycles. The predicted molar refractivity (Wildman–Crippen MR) is 93.0 cm³/mol. The standard InChI is InChI=1S/C19H16ClNO2/c1-12-4-3-5-16(13(12)2)21-19(22)18-11-10-17(23-18)14-6-8-15(20)9-7-14/h3-11H,1-2H3,(H,21,22). The molecule has 4 heteroatoms. The van der Waals surface area contributed by atoms with Gasteiger partial charge in [0.2, 0.25) is 0 Å². The van der Waals surface area contributed by atoms with E-state index >= 15 is 0 Å². The van der Waals surface area contributed by atoms with Crippen molar-refractivity contribution in [1.82, 2.24) is 0 Å². The molecule has 0 unspecified atom stereocenters. The normalized spacial score (nSPS) is 10.6. The van der Waals surface area contributed by atoms with Crippen molar-refractivity contribution in [3.05, 3.63) is 76.5 Å². The van der Waals surface area contributed by atoms with Crippen LogP contribution in [0.3, 0.4) is 0 Å². The Balaban J connectivity index is 1.81. The van der Waals surface area contributed by atoms with E-state index in [1.54, 1.807) is 24.3 Å². The summed E-state index contributed by atoms with van der Waals surface area (Å²) in [5.41, 5.74) is 3.84. The minimum absolute atomic E-state index is 0.265. The van der Waals surface area contributed by atoms with Gasteiger partial charge in [-0.05, 0) is 67.4 Å². The van der Waals surface area contributed by atoms with Crippen LogP contribution in [0.5, 0.6) is 0 Å². The van der Waals surface area contributed by atoms with Crippen LogP contribution in [0.1, 0.15) is 21.7 Å². The minimum atomic E-state index is -0.265. The molecule has 0 aliphatic heterocycles. The van der Waals surface area contributed by atoms with Crippen LogP contribution in [0, 0.1) is 13.8 Å². The van der Waals surface area contributed by atoms with E-state index in [4.69, 9.17) is 16.0 Å². The predicted octanol–water partition coefficient (Wildman–Crippen LogP) is 5.47. The number of amides is 1. The third-order valence-corrected chi connectivity index (χ3v) is 4.06. The summed E-state index contributed by atoms with van der Waals surface area (Å²) in [6.07, 6.45) is 0. The Kier molecular flexibility index (Phi) is 4.22. The molecular weight excluding hydrogens is 310 g/mol. The van der Waals surface area contributed by atoms with Gasteiger partial charge in [-0.15, -0.1) is 0 Å². The summed E-state index contributed by atoms with van der Waals surface area (Å²) in [5.74, 6) is 0.641. The molecule has 116 valence electrons. The highest BCUT2D eigenvalue weighted by molar-refractivity contribution is 6.30. The molecule has 0 saturated carbocycles. The molecule has 0 fully saturated rings. The zero-order chi connectivity index (χ0) is 16.4. The van der Waals surface area contributed by atoms with Crippen LogP contribution in [0.2, 0.25) is 5.02 Å². The topological polar surface area (TPSA) is 42.2 Å². The summed E-state index contributed by atoms with van der Waals surface area (Å²) >= 11 is 5.88. The second kappa shape index (κ2) is 6.31. The van der Waals surface area contributed by atoms with Gasteiger partial charge in [0.1, 0.15) is 5.76 Å². The van der Waals surface area contributed by atoms with Gasteiger partial charge in [-0.1, -0.05) is 23.7 Å². The fourth-order valence-corrected chi connectivity index (χ4v) is 2.43. The maximum absolute atomic E-state index is 12.4. The average molecular weight is 326 g/mol. The lowest BCUT2D eigenvalue weighted by atomic mass is 10.1. The first kappa shape index (κ1) is 15.4. The van der Waals surface area contributed by atoms with Gasteiger partial charge in [-0.2, -0.15) is 0 Å². The van der Waals surface area contributed by atoms with Crippen molar-refractivity contribution in [2.75, 3.05) is 5.32 Å². The Morgan fingerprint density at radius 1 is 1.00 bits per heavy atom. The maximum Gasteiger partial charge on any atom is 0.291 e. The number of furan rings is 1. The Labute approximate surface area is 139 Å². The van der Waals surface area contributed by atoms with E-state index in [0.29, 0.717) is 10.8 Å². The zero-order valence-corrected chi connectivity index (χ0v) is 13.6. The number of hydrogen-bond acceptors (Lipinski definition) is 2. The number of benzene rings is 2. The van der Waals surface area contributed by atoms with Crippen molar-refractivity contribution < 1.29 is 9.21 Å². The Hall–Kier alpha value is -2.52. The number of carbonyl (C=O) groups is 1. The maximum atomic E-state index is 12.4. The molecule has 0 aliphatic carbocycles. The molecular formula is C19H16ClNO2. The second-order valence-corrected chi connectivity index (χ2v) is 5.81. The molecule has 1 N–H and O–H groups in total. The Morgan fingerprint density at radius 3 is 2.48 bits per heavy atom. The highest BCUT2D eigenvalue weighted by Crippen LogP contribution is 2.25. The average Bonchev–Trinajstić information content (AvgIpc) is 3.02. The summed E-state index contributed by atoms with van der Waals surface area (Å²) in [4.78, 5) is 12.4. The SMILES string of the molecule is Cc1cccc(NC(=O)c2ccc(-c3ccc(Cl)cc3)o2)c1C. The summed E-state index contributed by atoms with van der Waals surface area (Å²) in [6.45, 7) is 3.99. The van der Waals surface area contributed by atoms with Crippen molar-refractivity contribution >= 4 is 23.2 Å². The molecule has 23 heavy (non-hydrogen) atoms. The monoisotopic (exact) mass is 325 g/mol. The summed E-state index contributed by atoms with van der Waals surface area (Å²) < 4.78 is 5.66. The zero-order valence-electron chi connectivity index (χ0n) is 12.9. The summed E-state index contributed by atoms with van der Waals surface area (Å²) in [6, 6.07) is 16.5. The molecule has 0 spiro atoms. The van der Waals surface area contributed by atoms with E-state index in [-0.39, 0.29) is 11.7 Å². The fourth-order valence-electron chi connectivity index (χ4n) is 2.30. The first-order valence-electron chi connectivity index (χ1n) is 7.28. The van der Waals surface area contributed by atoms with Gasteiger partial charge in [0.15, 0.2) is 5.76 Å². The molecule has 1 aromatic heterocycles. The van der Waals surface area contributed by atoms with Crippen molar-refractivity contribution in [1.29, 1.82) is 0 Å². The minimum Gasteiger partial charge on any atom is -0.451 e. The number of anilines is 1. The van der Waals surface area contributed by atoms with Gasteiger partial charge in [-0.25, -0.2) is 0 Å². The van der Waals surface area contributed by atoms with Crippen LogP contribution in [-0.2, 0) is 0 Å². The second-order valence-electron chi connectivity index (χ2n) is 5.37. The van der Waals surface area contributed by atoms with Crippen molar-refractivity contribution in [2.24, 2.45) is 0 Å². The van der Waals surface area contributed by atoms with Gasteiger partial charge in [0.05, 0.1) is 0 Å². The van der Waals surface area contributed by atoms with Crippen molar-refractivity contribution in [3.8, 4) is 11.3 Å². The lowest BCUT2D eigenvalue weighted by Crippen LogP contribution is -2.12. The number of halogens is 1. The van der Waals surface area contributed by atoms with Gasteiger partial charge in [0, 0.05) is 16.3 Å². The van der Waals surface area contributed by atoms with Crippen molar-refractivity contribution in [3.63, 3.8) is 0 Å². The fraction of sp³-hybridized carbons (Fsp3) is 0.105. The van der Waals surface area contributed by atoms with Crippen molar-refractivity contribution in [2.45, 2.75) is 13.8 Å². The highest BCUT2D eigenvalue weighted by atomic mass is 35.5. The molecule has 0 bridgehead atoms. The third kappa shape index (κ3) is 3.30. The van der Waals surface area contributed by atoms with Crippen LogP contribution in [0.15, 0.2) is 59.0 Å².